The second-order valence-corrected chi connectivity index (χ2v) is 22.5. The summed E-state index contributed by atoms with van der Waals surface area (Å²) < 4.78 is 10.8. The first kappa shape index (κ1) is 76.3. The van der Waals surface area contributed by atoms with Gasteiger partial charge in [0.1, 0.15) is 6.61 Å². The highest BCUT2D eigenvalue weighted by molar-refractivity contribution is 5.70. The molecular weight excluding hydrogens is 981 g/mol. The van der Waals surface area contributed by atoms with Gasteiger partial charge in [-0.25, -0.2) is 0 Å². The molecule has 1 atom stereocenters. The van der Waals surface area contributed by atoms with Crippen LogP contribution in [0.15, 0.2) is 122 Å². The molecule has 5 nitrogen and oxygen atoms in total. The van der Waals surface area contributed by atoms with Crippen LogP contribution in [-0.4, -0.2) is 36.4 Å². The van der Waals surface area contributed by atoms with E-state index in [1.807, 2.05) is 0 Å². The second-order valence-electron chi connectivity index (χ2n) is 22.5. The van der Waals surface area contributed by atoms with Gasteiger partial charge in [-0.05, 0) is 103 Å². The monoisotopic (exact) mass is 1110 g/mol. The van der Waals surface area contributed by atoms with Gasteiger partial charge < -0.3 is 14.6 Å². The number of carbonyl (C=O) groups is 2. The minimum absolute atomic E-state index is 0.0682. The fraction of sp³-hybridized carbons (Fsp3) is 0.707. The Morgan fingerprint density at radius 3 is 0.750 bits per heavy atom. The molecule has 0 aromatic carbocycles. The average molecular weight is 1110 g/mol. The lowest BCUT2D eigenvalue weighted by atomic mass is 10.0. The molecule has 80 heavy (non-hydrogen) atoms. The number of esters is 2. The lowest BCUT2D eigenvalue weighted by molar-refractivity contribution is -0.161. The van der Waals surface area contributed by atoms with E-state index >= 15 is 0 Å². The molecule has 0 heterocycles. The summed E-state index contributed by atoms with van der Waals surface area (Å²) in [5.41, 5.74) is 0. The van der Waals surface area contributed by atoms with Gasteiger partial charge in [0.05, 0.1) is 6.61 Å². The molecule has 0 rings (SSSR count). The molecular formula is C75H128O5. The summed E-state index contributed by atoms with van der Waals surface area (Å²) in [5, 5.41) is 9.70. The molecule has 0 bridgehead atoms. The van der Waals surface area contributed by atoms with Crippen molar-refractivity contribution in [3.63, 3.8) is 0 Å². The van der Waals surface area contributed by atoms with Crippen molar-refractivity contribution >= 4 is 11.9 Å². The summed E-state index contributed by atoms with van der Waals surface area (Å²) in [4.78, 5) is 24.7. The van der Waals surface area contributed by atoms with Crippen molar-refractivity contribution in [3.05, 3.63) is 122 Å². The predicted molar refractivity (Wildman–Crippen MR) is 352 cm³/mol. The van der Waals surface area contributed by atoms with Crippen LogP contribution in [-0.2, 0) is 19.1 Å². The van der Waals surface area contributed by atoms with E-state index in [1.54, 1.807) is 0 Å². The van der Waals surface area contributed by atoms with Crippen molar-refractivity contribution in [2.24, 2.45) is 0 Å². The number of hydrogen-bond acceptors (Lipinski definition) is 5. The number of carbonyl (C=O) groups excluding carboxylic acids is 2. The third-order valence-electron chi connectivity index (χ3n) is 14.8. The number of unbranched alkanes of at least 4 members (excludes halogenated alkanes) is 34. The number of ether oxygens (including phenoxy) is 2. The highest BCUT2D eigenvalue weighted by atomic mass is 16.6. The van der Waals surface area contributed by atoms with Crippen LogP contribution in [0.4, 0.5) is 0 Å². The summed E-state index contributed by atoms with van der Waals surface area (Å²) in [6, 6.07) is 0. The van der Waals surface area contributed by atoms with E-state index < -0.39 is 6.10 Å². The molecule has 0 aromatic rings. The number of hydrogen-bond donors (Lipinski definition) is 1. The minimum atomic E-state index is -0.780. The van der Waals surface area contributed by atoms with E-state index in [0.29, 0.717) is 12.8 Å². The standard InChI is InChI=1S/C75H128O5/c1-3-5-7-9-11-13-15-17-19-21-23-25-27-29-31-33-35-36-37-38-40-41-43-45-47-49-51-53-55-57-59-61-63-65-67-69-74(77)79-72-73(71-76)80-75(78)70-68-66-64-62-60-58-56-54-52-50-48-46-44-42-39-34-32-30-28-26-24-22-20-18-16-14-12-10-8-6-4-2/h5-8,11-14,17-20,23-26,30,32,39,42,73,76H,3-4,9-10,15-16,21-22,27-29,31,33-38,40-41,43-72H2,1-2H3/b7-5-,8-6-,13-11-,14-12-,19-17-,20-18-,25-23-,26-24-,32-30-,42-39-. The van der Waals surface area contributed by atoms with Crippen molar-refractivity contribution in [2.75, 3.05) is 13.2 Å². The van der Waals surface area contributed by atoms with Crippen LogP contribution in [0.2, 0.25) is 0 Å². The SMILES string of the molecule is CC/C=C\C/C=C\C/C=C\C/C=C\C/C=C\C/C=C\CCCCCCCCCCCCCCC(=O)OC(CO)COC(=O)CCCCCCCCCCCCCCCCCCCCCCCC/C=C\C/C=C\C/C=C\C/C=C\CC. The Labute approximate surface area is 496 Å². The third-order valence-corrected chi connectivity index (χ3v) is 14.8. The quantitative estimate of drug-likeness (QED) is 0.0373. The largest absolute Gasteiger partial charge is 0.462 e. The lowest BCUT2D eigenvalue weighted by Crippen LogP contribution is -2.28. The Hall–Kier alpha value is -3.70. The summed E-state index contributed by atoms with van der Waals surface area (Å²) >= 11 is 0. The molecule has 0 fully saturated rings. The maximum atomic E-state index is 12.4. The molecule has 0 aliphatic rings. The summed E-state index contributed by atoms with van der Waals surface area (Å²) in [7, 11) is 0. The van der Waals surface area contributed by atoms with Crippen LogP contribution < -0.4 is 0 Å². The number of aliphatic hydroxyl groups is 1. The first-order valence-corrected chi connectivity index (χ1v) is 34.1. The van der Waals surface area contributed by atoms with Crippen molar-refractivity contribution in [1.82, 2.24) is 0 Å². The van der Waals surface area contributed by atoms with Gasteiger partial charge in [-0.15, -0.1) is 0 Å². The zero-order chi connectivity index (χ0) is 57.6. The molecule has 1 unspecified atom stereocenters. The van der Waals surface area contributed by atoms with E-state index in [-0.39, 0.29) is 25.2 Å². The van der Waals surface area contributed by atoms with Crippen LogP contribution in [0, 0.1) is 0 Å². The lowest BCUT2D eigenvalue weighted by Gasteiger charge is -2.15. The van der Waals surface area contributed by atoms with Gasteiger partial charge in [0.25, 0.3) is 0 Å². The highest BCUT2D eigenvalue weighted by Crippen LogP contribution is 2.18. The number of aliphatic hydroxyl groups excluding tert-OH is 1. The van der Waals surface area contributed by atoms with Crippen molar-refractivity contribution in [2.45, 2.75) is 328 Å². The molecule has 1 N–H and O–H groups in total. The Morgan fingerprint density at radius 1 is 0.287 bits per heavy atom. The molecule has 0 saturated carbocycles. The minimum Gasteiger partial charge on any atom is -0.462 e. The van der Waals surface area contributed by atoms with Crippen LogP contribution in [0.3, 0.4) is 0 Å². The zero-order valence-electron chi connectivity index (χ0n) is 52.6. The third kappa shape index (κ3) is 66.8. The summed E-state index contributed by atoms with van der Waals surface area (Å²) in [6.07, 6.45) is 102. The summed E-state index contributed by atoms with van der Waals surface area (Å²) in [6.45, 7) is 3.94. The molecule has 0 aliphatic carbocycles. The molecule has 0 radical (unpaired) electrons. The first-order chi connectivity index (χ1) is 39.6. The van der Waals surface area contributed by atoms with Crippen LogP contribution in [0.1, 0.15) is 322 Å². The van der Waals surface area contributed by atoms with Gasteiger partial charge in [0, 0.05) is 12.8 Å². The van der Waals surface area contributed by atoms with E-state index in [2.05, 4.69) is 135 Å². The number of allylic oxidation sites excluding steroid dienone is 20. The van der Waals surface area contributed by atoms with Gasteiger partial charge in [0.2, 0.25) is 0 Å². The Kier molecular flexibility index (Phi) is 66.4. The van der Waals surface area contributed by atoms with Gasteiger partial charge in [-0.1, -0.05) is 328 Å². The van der Waals surface area contributed by atoms with Crippen molar-refractivity contribution < 1.29 is 24.2 Å². The van der Waals surface area contributed by atoms with E-state index in [4.69, 9.17) is 9.47 Å². The Morgan fingerprint density at radius 2 is 0.500 bits per heavy atom. The highest BCUT2D eigenvalue weighted by Gasteiger charge is 2.16. The van der Waals surface area contributed by atoms with Crippen LogP contribution in [0.5, 0.6) is 0 Å². The second kappa shape index (κ2) is 69.6. The smallest absolute Gasteiger partial charge is 0.306 e. The number of rotatable bonds is 62. The van der Waals surface area contributed by atoms with Crippen molar-refractivity contribution in [3.8, 4) is 0 Å². The zero-order valence-corrected chi connectivity index (χ0v) is 52.6. The molecule has 0 spiro atoms. The maximum absolute atomic E-state index is 12.4. The molecule has 5 heteroatoms. The first-order valence-electron chi connectivity index (χ1n) is 34.1. The van der Waals surface area contributed by atoms with Gasteiger partial charge in [-0.2, -0.15) is 0 Å². The van der Waals surface area contributed by atoms with E-state index in [1.165, 1.54) is 193 Å². The Bertz CT molecular complexity index is 1590. The maximum Gasteiger partial charge on any atom is 0.306 e. The molecule has 0 saturated heterocycles. The summed E-state index contributed by atoms with van der Waals surface area (Å²) in [5.74, 6) is -0.584. The van der Waals surface area contributed by atoms with Gasteiger partial charge >= 0.3 is 11.9 Å². The molecule has 0 aliphatic heterocycles. The average Bonchev–Trinajstić information content (AvgIpc) is 3.46. The Balaban J connectivity index is 3.46. The van der Waals surface area contributed by atoms with Crippen LogP contribution >= 0.6 is 0 Å². The molecule has 0 aromatic heterocycles. The van der Waals surface area contributed by atoms with E-state index in [9.17, 15) is 14.7 Å². The fourth-order valence-electron chi connectivity index (χ4n) is 9.73. The normalized spacial score (nSPS) is 13.0. The molecule has 0 amide bonds. The van der Waals surface area contributed by atoms with Gasteiger partial charge in [-0.3, -0.25) is 9.59 Å². The van der Waals surface area contributed by atoms with Crippen molar-refractivity contribution in [1.29, 1.82) is 0 Å². The van der Waals surface area contributed by atoms with Crippen LogP contribution in [0.25, 0.3) is 0 Å². The fourth-order valence-corrected chi connectivity index (χ4v) is 9.73. The topological polar surface area (TPSA) is 72.8 Å². The molecule has 458 valence electrons. The van der Waals surface area contributed by atoms with E-state index in [0.717, 1.165) is 103 Å². The van der Waals surface area contributed by atoms with Gasteiger partial charge in [0.15, 0.2) is 6.10 Å². The predicted octanol–water partition coefficient (Wildman–Crippen LogP) is 23.8.